The van der Waals surface area contributed by atoms with Gasteiger partial charge >= 0.3 is 0 Å². The summed E-state index contributed by atoms with van der Waals surface area (Å²) >= 11 is 0. The van der Waals surface area contributed by atoms with Crippen LogP contribution in [0.4, 0.5) is 0 Å². The van der Waals surface area contributed by atoms with Crippen molar-refractivity contribution in [3.05, 3.63) is 54.2 Å². The molecule has 0 fully saturated rings. The van der Waals surface area contributed by atoms with Gasteiger partial charge in [0.2, 0.25) is 0 Å². The van der Waals surface area contributed by atoms with Gasteiger partial charge in [0.05, 0.1) is 6.26 Å². The maximum Gasteiger partial charge on any atom is 0.105 e. The molecule has 0 aliphatic carbocycles. The number of pyridine rings is 1. The third kappa shape index (κ3) is 3.71. The monoisotopic (exact) mass is 230 g/mol. The van der Waals surface area contributed by atoms with Crippen LogP contribution in [0, 0.1) is 0 Å². The molecule has 2 aromatic rings. The van der Waals surface area contributed by atoms with Crippen LogP contribution in [0.15, 0.2) is 47.3 Å². The summed E-state index contributed by atoms with van der Waals surface area (Å²) in [5.74, 6) is 1.03. The van der Waals surface area contributed by atoms with Gasteiger partial charge in [0.1, 0.15) is 5.76 Å². The number of likely N-dealkylation sites (N-methyl/N-ethyl adjacent to an activating group) is 1. The first kappa shape index (κ1) is 11.9. The summed E-state index contributed by atoms with van der Waals surface area (Å²) in [4.78, 5) is 4.04. The molecule has 17 heavy (non-hydrogen) atoms. The molecule has 2 aromatic heterocycles. The number of rotatable bonds is 6. The van der Waals surface area contributed by atoms with Crippen molar-refractivity contribution >= 4 is 0 Å². The highest BCUT2D eigenvalue weighted by molar-refractivity contribution is 5.12. The van der Waals surface area contributed by atoms with E-state index < -0.39 is 0 Å². The van der Waals surface area contributed by atoms with Crippen LogP contribution in [-0.2, 0) is 12.8 Å². The molecule has 2 rings (SSSR count). The smallest absolute Gasteiger partial charge is 0.105 e. The lowest BCUT2D eigenvalue weighted by Gasteiger charge is -2.16. The molecule has 0 amide bonds. The predicted octanol–water partition coefficient (Wildman–Crippen LogP) is 2.44. The Morgan fingerprint density at radius 1 is 1.24 bits per heavy atom. The van der Waals surface area contributed by atoms with Crippen LogP contribution < -0.4 is 5.32 Å². The maximum absolute atomic E-state index is 5.40. The summed E-state index contributed by atoms with van der Waals surface area (Å²) in [6.07, 6.45) is 7.32. The molecular weight excluding hydrogens is 212 g/mol. The van der Waals surface area contributed by atoms with Crippen LogP contribution in [0.25, 0.3) is 0 Å². The predicted molar refractivity (Wildman–Crippen MR) is 67.8 cm³/mol. The molecule has 0 spiro atoms. The lowest BCUT2D eigenvalue weighted by Crippen LogP contribution is -2.32. The van der Waals surface area contributed by atoms with Gasteiger partial charge in [-0.15, -0.1) is 0 Å². The standard InChI is InChI=1S/C14H18N2O/c1-2-16-13(11-14-4-3-9-17-14)10-12-5-7-15-8-6-12/h3-9,13,16H,2,10-11H2,1H3. The van der Waals surface area contributed by atoms with Crippen LogP contribution in [0.2, 0.25) is 0 Å². The first-order valence-corrected chi connectivity index (χ1v) is 6.03. The van der Waals surface area contributed by atoms with Gasteiger partial charge in [0, 0.05) is 24.9 Å². The first-order chi connectivity index (χ1) is 8.38. The van der Waals surface area contributed by atoms with E-state index >= 15 is 0 Å². The molecule has 3 heteroatoms. The van der Waals surface area contributed by atoms with Crippen molar-refractivity contribution in [3.63, 3.8) is 0 Å². The van der Waals surface area contributed by atoms with E-state index in [1.807, 2.05) is 24.5 Å². The SMILES string of the molecule is CCNC(Cc1ccncc1)Cc1ccco1. The highest BCUT2D eigenvalue weighted by atomic mass is 16.3. The molecule has 0 aliphatic rings. The second-order valence-corrected chi connectivity index (χ2v) is 4.10. The fourth-order valence-electron chi connectivity index (χ4n) is 1.98. The van der Waals surface area contributed by atoms with Gasteiger partial charge in [-0.3, -0.25) is 4.98 Å². The molecule has 1 unspecified atom stereocenters. The second kappa shape index (κ2) is 6.21. The van der Waals surface area contributed by atoms with E-state index in [1.165, 1.54) is 5.56 Å². The average Bonchev–Trinajstić information content (AvgIpc) is 2.83. The maximum atomic E-state index is 5.40. The summed E-state index contributed by atoms with van der Waals surface area (Å²) in [5, 5.41) is 3.49. The molecule has 0 bridgehead atoms. The van der Waals surface area contributed by atoms with Crippen LogP contribution >= 0.6 is 0 Å². The van der Waals surface area contributed by atoms with Gasteiger partial charge in [0.25, 0.3) is 0 Å². The third-order valence-electron chi connectivity index (χ3n) is 2.75. The lowest BCUT2D eigenvalue weighted by molar-refractivity contribution is 0.444. The highest BCUT2D eigenvalue weighted by Gasteiger charge is 2.10. The van der Waals surface area contributed by atoms with Crippen molar-refractivity contribution in [3.8, 4) is 0 Å². The summed E-state index contributed by atoms with van der Waals surface area (Å²) in [6, 6.07) is 8.49. The number of furan rings is 1. The normalized spacial score (nSPS) is 12.5. The fraction of sp³-hybridized carbons (Fsp3) is 0.357. The average molecular weight is 230 g/mol. The minimum absolute atomic E-state index is 0.411. The molecule has 90 valence electrons. The van der Waals surface area contributed by atoms with E-state index in [4.69, 9.17) is 4.42 Å². The van der Waals surface area contributed by atoms with E-state index in [0.717, 1.165) is 25.1 Å². The number of nitrogens with one attached hydrogen (secondary N) is 1. The quantitative estimate of drug-likeness (QED) is 0.828. The number of hydrogen-bond acceptors (Lipinski definition) is 3. The zero-order chi connectivity index (χ0) is 11.9. The van der Waals surface area contributed by atoms with E-state index in [2.05, 4.69) is 29.4 Å². The molecule has 0 saturated carbocycles. The molecule has 3 nitrogen and oxygen atoms in total. The second-order valence-electron chi connectivity index (χ2n) is 4.10. The summed E-state index contributed by atoms with van der Waals surface area (Å²) in [6.45, 7) is 3.10. The van der Waals surface area contributed by atoms with Gasteiger partial charge in [-0.05, 0) is 42.8 Å². The van der Waals surface area contributed by atoms with Crippen LogP contribution in [0.5, 0.6) is 0 Å². The molecule has 0 radical (unpaired) electrons. The van der Waals surface area contributed by atoms with Crippen molar-refractivity contribution in [1.82, 2.24) is 10.3 Å². The molecule has 0 aliphatic heterocycles. The van der Waals surface area contributed by atoms with Crippen molar-refractivity contribution in [1.29, 1.82) is 0 Å². The summed E-state index contributed by atoms with van der Waals surface area (Å²) < 4.78 is 5.40. The van der Waals surface area contributed by atoms with Crippen LogP contribution in [0.3, 0.4) is 0 Å². The number of aromatic nitrogens is 1. The van der Waals surface area contributed by atoms with E-state index in [-0.39, 0.29) is 0 Å². The molecular formula is C14H18N2O. The topological polar surface area (TPSA) is 38.1 Å². The van der Waals surface area contributed by atoms with Crippen molar-refractivity contribution in [2.45, 2.75) is 25.8 Å². The molecule has 2 heterocycles. The Kier molecular flexibility index (Phi) is 4.33. The Bertz CT molecular complexity index is 411. The zero-order valence-electron chi connectivity index (χ0n) is 10.1. The molecule has 1 atom stereocenters. The Morgan fingerprint density at radius 3 is 2.71 bits per heavy atom. The third-order valence-corrected chi connectivity index (χ3v) is 2.75. The minimum Gasteiger partial charge on any atom is -0.469 e. The van der Waals surface area contributed by atoms with Gasteiger partial charge in [0.15, 0.2) is 0 Å². The number of hydrogen-bond donors (Lipinski definition) is 1. The Balaban J connectivity index is 1.97. The summed E-state index contributed by atoms with van der Waals surface area (Å²) in [7, 11) is 0. The van der Waals surface area contributed by atoms with Gasteiger partial charge < -0.3 is 9.73 Å². The van der Waals surface area contributed by atoms with Crippen molar-refractivity contribution < 1.29 is 4.42 Å². The Labute approximate surface area is 102 Å². The van der Waals surface area contributed by atoms with E-state index in [1.54, 1.807) is 6.26 Å². The first-order valence-electron chi connectivity index (χ1n) is 6.03. The highest BCUT2D eigenvalue weighted by Crippen LogP contribution is 2.09. The fourth-order valence-corrected chi connectivity index (χ4v) is 1.98. The molecule has 0 saturated heterocycles. The lowest BCUT2D eigenvalue weighted by atomic mass is 10.0. The Hall–Kier alpha value is -1.61. The van der Waals surface area contributed by atoms with Crippen LogP contribution in [0.1, 0.15) is 18.2 Å². The van der Waals surface area contributed by atoms with E-state index in [9.17, 15) is 0 Å². The van der Waals surface area contributed by atoms with Gasteiger partial charge in [-0.2, -0.15) is 0 Å². The molecule has 0 aromatic carbocycles. The molecule has 1 N–H and O–H groups in total. The zero-order valence-corrected chi connectivity index (χ0v) is 10.1. The summed E-state index contributed by atoms with van der Waals surface area (Å²) in [5.41, 5.74) is 1.30. The number of nitrogens with zero attached hydrogens (tertiary/aromatic N) is 1. The Morgan fingerprint density at radius 2 is 2.06 bits per heavy atom. The van der Waals surface area contributed by atoms with Crippen molar-refractivity contribution in [2.75, 3.05) is 6.54 Å². The van der Waals surface area contributed by atoms with Gasteiger partial charge in [-0.1, -0.05) is 6.92 Å². The van der Waals surface area contributed by atoms with Crippen LogP contribution in [-0.4, -0.2) is 17.6 Å². The van der Waals surface area contributed by atoms with Crippen molar-refractivity contribution in [2.24, 2.45) is 0 Å². The van der Waals surface area contributed by atoms with Gasteiger partial charge in [-0.25, -0.2) is 0 Å². The van der Waals surface area contributed by atoms with E-state index in [0.29, 0.717) is 6.04 Å². The largest absolute Gasteiger partial charge is 0.469 e. The minimum atomic E-state index is 0.411.